The molecular formula is C16H12ClF3N2O3. The van der Waals surface area contributed by atoms with Crippen LogP contribution in [0.5, 0.6) is 5.75 Å². The van der Waals surface area contributed by atoms with Gasteiger partial charge in [-0.3, -0.25) is 10.1 Å². The van der Waals surface area contributed by atoms with Crippen molar-refractivity contribution in [3.8, 4) is 5.75 Å². The van der Waals surface area contributed by atoms with Gasteiger partial charge in [0, 0.05) is 10.6 Å². The minimum Gasteiger partial charge on any atom is -0.508 e. The zero-order valence-electron chi connectivity index (χ0n) is 12.5. The number of nitrogens with one attached hydrogen (secondary N) is 2. The van der Waals surface area contributed by atoms with Gasteiger partial charge in [0.25, 0.3) is 0 Å². The van der Waals surface area contributed by atoms with Crippen LogP contribution in [0, 0.1) is 0 Å². The summed E-state index contributed by atoms with van der Waals surface area (Å²) in [5.74, 6) is -2.62. The molecule has 0 heterocycles. The van der Waals surface area contributed by atoms with Gasteiger partial charge in [-0.25, -0.2) is 4.79 Å². The Morgan fingerprint density at radius 1 is 1.08 bits per heavy atom. The Labute approximate surface area is 145 Å². The number of urea groups is 1. The van der Waals surface area contributed by atoms with E-state index in [0.717, 1.165) is 0 Å². The van der Waals surface area contributed by atoms with Crippen molar-refractivity contribution in [2.45, 2.75) is 12.2 Å². The Kier molecular flexibility index (Phi) is 5.53. The quantitative estimate of drug-likeness (QED) is 0.771. The van der Waals surface area contributed by atoms with Crippen LogP contribution in [0.1, 0.15) is 17.2 Å². The van der Waals surface area contributed by atoms with Gasteiger partial charge < -0.3 is 10.4 Å². The van der Waals surface area contributed by atoms with E-state index in [-0.39, 0.29) is 16.3 Å². The molecule has 5 nitrogen and oxygen atoms in total. The topological polar surface area (TPSA) is 78.4 Å². The van der Waals surface area contributed by atoms with E-state index < -0.39 is 24.2 Å². The van der Waals surface area contributed by atoms with Gasteiger partial charge in [-0.1, -0.05) is 41.9 Å². The van der Waals surface area contributed by atoms with Crippen LogP contribution in [-0.4, -0.2) is 23.2 Å². The first kappa shape index (κ1) is 18.6. The molecule has 0 saturated carbocycles. The second-order valence-corrected chi connectivity index (χ2v) is 5.41. The lowest BCUT2D eigenvalue weighted by Gasteiger charge is -2.21. The lowest BCUT2D eigenvalue weighted by atomic mass is 9.98. The zero-order chi connectivity index (χ0) is 18.6. The molecule has 0 bridgehead atoms. The molecule has 132 valence electrons. The number of phenolic OH excluding ortho intramolecular Hbond substituents is 1. The molecule has 0 saturated heterocycles. The highest BCUT2D eigenvalue weighted by molar-refractivity contribution is 6.30. The molecule has 0 aliphatic rings. The fraction of sp³-hybridized carbons (Fsp3) is 0.125. The van der Waals surface area contributed by atoms with E-state index in [1.54, 1.807) is 30.3 Å². The first-order valence-electron chi connectivity index (χ1n) is 6.90. The third kappa shape index (κ3) is 4.87. The van der Waals surface area contributed by atoms with E-state index in [2.05, 4.69) is 5.32 Å². The Morgan fingerprint density at radius 2 is 1.72 bits per heavy atom. The summed E-state index contributed by atoms with van der Waals surface area (Å²) in [7, 11) is 0. The lowest BCUT2D eigenvalue weighted by molar-refractivity contribution is -0.172. The fourth-order valence-corrected chi connectivity index (χ4v) is 2.26. The smallest absolute Gasteiger partial charge is 0.471 e. The second-order valence-electron chi connectivity index (χ2n) is 4.97. The van der Waals surface area contributed by atoms with Crippen LogP contribution in [-0.2, 0) is 4.79 Å². The van der Waals surface area contributed by atoms with E-state index in [0.29, 0.717) is 5.56 Å². The minimum atomic E-state index is -5.20. The average molecular weight is 373 g/mol. The number of benzene rings is 2. The molecule has 0 spiro atoms. The summed E-state index contributed by atoms with van der Waals surface area (Å²) in [6.45, 7) is 0. The van der Waals surface area contributed by atoms with Crippen LogP contribution in [0.3, 0.4) is 0 Å². The number of hydrogen-bond acceptors (Lipinski definition) is 3. The van der Waals surface area contributed by atoms with Gasteiger partial charge in [0.2, 0.25) is 0 Å². The number of rotatable bonds is 3. The van der Waals surface area contributed by atoms with Crippen molar-refractivity contribution in [3.05, 3.63) is 64.7 Å². The van der Waals surface area contributed by atoms with Crippen LogP contribution in [0.4, 0.5) is 18.0 Å². The number of amides is 3. The summed E-state index contributed by atoms with van der Waals surface area (Å²) < 4.78 is 36.8. The van der Waals surface area contributed by atoms with E-state index in [1.807, 2.05) is 0 Å². The van der Waals surface area contributed by atoms with Crippen LogP contribution < -0.4 is 10.6 Å². The van der Waals surface area contributed by atoms with Gasteiger partial charge in [-0.2, -0.15) is 13.2 Å². The molecule has 3 N–H and O–H groups in total. The van der Waals surface area contributed by atoms with Gasteiger partial charge in [-0.05, 0) is 23.8 Å². The Bertz CT molecular complexity index is 782. The summed E-state index contributed by atoms with van der Waals surface area (Å²) in [4.78, 5) is 22.7. The number of carbonyl (C=O) groups excluding carboxylic acids is 2. The molecule has 25 heavy (non-hydrogen) atoms. The predicted octanol–water partition coefficient (Wildman–Crippen LogP) is 3.52. The third-order valence-corrected chi connectivity index (χ3v) is 3.43. The Hall–Kier alpha value is -2.74. The summed E-state index contributed by atoms with van der Waals surface area (Å²) >= 11 is 5.89. The molecule has 9 heteroatoms. The van der Waals surface area contributed by atoms with Crippen LogP contribution in [0.2, 0.25) is 5.02 Å². The first-order valence-corrected chi connectivity index (χ1v) is 7.28. The molecular weight excluding hydrogens is 361 g/mol. The van der Waals surface area contributed by atoms with Crippen LogP contribution in [0.25, 0.3) is 0 Å². The Balaban J connectivity index is 2.32. The monoisotopic (exact) mass is 372 g/mol. The number of hydrogen-bond donors (Lipinski definition) is 3. The van der Waals surface area contributed by atoms with Crippen molar-refractivity contribution in [3.63, 3.8) is 0 Å². The average Bonchev–Trinajstić information content (AvgIpc) is 2.55. The standard InChI is InChI=1S/C16H12ClF3N2O3/c17-10-6-7-12(23)11(8-10)13(9-4-2-1-3-5-9)21-15(25)22-14(24)16(18,19)20/h1-8,13,23H,(H2,21,22,24,25). The maximum absolute atomic E-state index is 12.3. The maximum atomic E-state index is 12.3. The van der Waals surface area contributed by atoms with Crippen molar-refractivity contribution in [2.75, 3.05) is 0 Å². The number of aromatic hydroxyl groups is 1. The molecule has 0 aromatic heterocycles. The number of alkyl halides is 3. The van der Waals surface area contributed by atoms with Gasteiger partial charge >= 0.3 is 18.1 Å². The van der Waals surface area contributed by atoms with E-state index in [4.69, 9.17) is 11.6 Å². The molecule has 0 aliphatic carbocycles. The molecule has 0 radical (unpaired) electrons. The summed E-state index contributed by atoms with van der Waals surface area (Å²) in [5, 5.41) is 13.7. The molecule has 2 aromatic carbocycles. The van der Waals surface area contributed by atoms with Gasteiger partial charge in [0.1, 0.15) is 5.75 Å². The molecule has 0 aliphatic heterocycles. The molecule has 2 rings (SSSR count). The van der Waals surface area contributed by atoms with Crippen LogP contribution >= 0.6 is 11.6 Å². The van der Waals surface area contributed by atoms with E-state index >= 15 is 0 Å². The lowest BCUT2D eigenvalue weighted by Crippen LogP contribution is -2.46. The highest BCUT2D eigenvalue weighted by Gasteiger charge is 2.40. The molecule has 2 aromatic rings. The molecule has 0 fully saturated rings. The Morgan fingerprint density at radius 3 is 2.32 bits per heavy atom. The summed E-state index contributed by atoms with van der Waals surface area (Å²) in [5.41, 5.74) is 0.628. The number of imide groups is 1. The maximum Gasteiger partial charge on any atom is 0.471 e. The third-order valence-electron chi connectivity index (χ3n) is 3.19. The number of phenols is 1. The van der Waals surface area contributed by atoms with E-state index in [1.165, 1.54) is 23.5 Å². The predicted molar refractivity (Wildman–Crippen MR) is 84.1 cm³/mol. The van der Waals surface area contributed by atoms with Crippen molar-refractivity contribution >= 4 is 23.5 Å². The fourth-order valence-electron chi connectivity index (χ4n) is 2.08. The van der Waals surface area contributed by atoms with Crippen molar-refractivity contribution < 1.29 is 27.9 Å². The normalized spacial score (nSPS) is 12.3. The van der Waals surface area contributed by atoms with Crippen LogP contribution in [0.15, 0.2) is 48.5 Å². The highest BCUT2D eigenvalue weighted by Crippen LogP contribution is 2.31. The highest BCUT2D eigenvalue weighted by atomic mass is 35.5. The number of halogens is 4. The van der Waals surface area contributed by atoms with Crippen molar-refractivity contribution in [2.24, 2.45) is 0 Å². The summed E-state index contributed by atoms with van der Waals surface area (Å²) in [6, 6.07) is 9.84. The van der Waals surface area contributed by atoms with E-state index in [9.17, 15) is 27.9 Å². The summed E-state index contributed by atoms with van der Waals surface area (Å²) in [6.07, 6.45) is -5.20. The second kappa shape index (κ2) is 7.43. The van der Waals surface area contributed by atoms with Gasteiger partial charge in [0.05, 0.1) is 6.04 Å². The largest absolute Gasteiger partial charge is 0.508 e. The SMILES string of the molecule is O=C(NC(=O)C(F)(F)F)NC(c1ccccc1)c1cc(Cl)ccc1O. The van der Waals surface area contributed by atoms with Gasteiger partial charge in [0.15, 0.2) is 0 Å². The van der Waals surface area contributed by atoms with Gasteiger partial charge in [-0.15, -0.1) is 0 Å². The van der Waals surface area contributed by atoms with Crippen molar-refractivity contribution in [1.29, 1.82) is 0 Å². The molecule has 3 amide bonds. The molecule has 1 unspecified atom stereocenters. The number of carbonyl (C=O) groups is 2. The first-order chi connectivity index (χ1) is 11.7. The van der Waals surface area contributed by atoms with Crippen molar-refractivity contribution in [1.82, 2.24) is 10.6 Å². The minimum absolute atomic E-state index is 0.160. The molecule has 1 atom stereocenters. The zero-order valence-corrected chi connectivity index (χ0v) is 13.2.